The summed E-state index contributed by atoms with van der Waals surface area (Å²) in [6, 6.07) is 5.82. The lowest BCUT2D eigenvalue weighted by Crippen LogP contribution is -2.58. The maximum atomic E-state index is 12.1. The van der Waals surface area contributed by atoms with Crippen LogP contribution in [0, 0.1) is 0 Å². The maximum Gasteiger partial charge on any atom is 0.223 e. The third-order valence-corrected chi connectivity index (χ3v) is 3.25. The van der Waals surface area contributed by atoms with Crippen LogP contribution in [0.1, 0.15) is 26.0 Å². The number of carbonyl (C=O) groups excluding carboxylic acids is 1. The summed E-state index contributed by atoms with van der Waals surface area (Å²) in [6.45, 7) is 6.73. The van der Waals surface area contributed by atoms with E-state index in [0.717, 1.165) is 31.7 Å². The molecule has 1 fully saturated rings. The van der Waals surface area contributed by atoms with Crippen LogP contribution in [0.4, 0.5) is 0 Å². The minimum absolute atomic E-state index is 0.0267. The number of nitrogens with one attached hydrogen (secondary N) is 1. The molecule has 1 saturated heterocycles. The molecule has 0 saturated carbocycles. The quantitative estimate of drug-likeness (QED) is 0.873. The van der Waals surface area contributed by atoms with Gasteiger partial charge in [0, 0.05) is 43.5 Å². The van der Waals surface area contributed by atoms with Crippen molar-refractivity contribution >= 4 is 5.91 Å². The molecular weight excluding hydrogens is 226 g/mol. The average Bonchev–Trinajstić information content (AvgIpc) is 2.36. The van der Waals surface area contributed by atoms with Gasteiger partial charge in [-0.3, -0.25) is 9.78 Å². The highest BCUT2D eigenvalue weighted by molar-refractivity contribution is 5.76. The van der Waals surface area contributed by atoms with Crippen LogP contribution in [0.15, 0.2) is 24.4 Å². The fourth-order valence-corrected chi connectivity index (χ4v) is 2.29. The number of rotatable bonds is 3. The van der Waals surface area contributed by atoms with Crippen LogP contribution in [-0.2, 0) is 11.2 Å². The molecular formula is C14H21N3O. The first-order chi connectivity index (χ1) is 8.57. The highest BCUT2D eigenvalue weighted by Gasteiger charge is 2.28. The lowest BCUT2D eigenvalue weighted by molar-refractivity contribution is -0.133. The van der Waals surface area contributed by atoms with E-state index in [4.69, 9.17) is 0 Å². The van der Waals surface area contributed by atoms with Gasteiger partial charge in [0.2, 0.25) is 5.91 Å². The Hall–Kier alpha value is -1.42. The van der Waals surface area contributed by atoms with Crippen LogP contribution in [0.5, 0.6) is 0 Å². The number of aryl methyl sites for hydroxylation is 1. The first-order valence-electron chi connectivity index (χ1n) is 6.49. The van der Waals surface area contributed by atoms with Gasteiger partial charge in [0.15, 0.2) is 0 Å². The third-order valence-electron chi connectivity index (χ3n) is 3.25. The van der Waals surface area contributed by atoms with Crippen LogP contribution in [-0.4, -0.2) is 41.0 Å². The third kappa shape index (κ3) is 3.53. The van der Waals surface area contributed by atoms with E-state index in [9.17, 15) is 4.79 Å². The normalized spacial score (nSPS) is 18.7. The van der Waals surface area contributed by atoms with Gasteiger partial charge in [-0.25, -0.2) is 0 Å². The smallest absolute Gasteiger partial charge is 0.223 e. The van der Waals surface area contributed by atoms with Gasteiger partial charge in [-0.1, -0.05) is 6.07 Å². The number of nitrogens with zero attached hydrogens (tertiary/aromatic N) is 2. The second kappa shape index (κ2) is 5.48. The minimum Gasteiger partial charge on any atom is -0.340 e. The molecule has 98 valence electrons. The lowest BCUT2D eigenvalue weighted by Gasteiger charge is -2.39. The van der Waals surface area contributed by atoms with Crippen molar-refractivity contribution in [3.05, 3.63) is 30.1 Å². The molecule has 2 heterocycles. The summed E-state index contributed by atoms with van der Waals surface area (Å²) in [4.78, 5) is 18.3. The molecule has 0 aromatic carbocycles. The second-order valence-electron chi connectivity index (χ2n) is 5.45. The molecule has 1 aliphatic heterocycles. The molecule has 1 amide bonds. The first kappa shape index (κ1) is 13.0. The van der Waals surface area contributed by atoms with Crippen molar-refractivity contribution in [2.45, 2.75) is 32.2 Å². The van der Waals surface area contributed by atoms with Crippen molar-refractivity contribution in [3.8, 4) is 0 Å². The predicted molar refractivity (Wildman–Crippen MR) is 71.2 cm³/mol. The number of pyridine rings is 1. The van der Waals surface area contributed by atoms with Gasteiger partial charge in [0.05, 0.1) is 0 Å². The average molecular weight is 247 g/mol. The van der Waals surface area contributed by atoms with Crippen LogP contribution in [0.3, 0.4) is 0 Å². The van der Waals surface area contributed by atoms with E-state index in [1.807, 2.05) is 23.1 Å². The monoisotopic (exact) mass is 247 g/mol. The van der Waals surface area contributed by atoms with Crippen LogP contribution in [0.2, 0.25) is 0 Å². The van der Waals surface area contributed by atoms with Crippen molar-refractivity contribution in [3.63, 3.8) is 0 Å². The summed E-state index contributed by atoms with van der Waals surface area (Å²) in [6.07, 6.45) is 3.05. The molecule has 4 nitrogen and oxygen atoms in total. The summed E-state index contributed by atoms with van der Waals surface area (Å²) in [5.41, 5.74) is 1.01. The van der Waals surface area contributed by atoms with E-state index >= 15 is 0 Å². The van der Waals surface area contributed by atoms with Crippen molar-refractivity contribution in [2.24, 2.45) is 0 Å². The highest BCUT2D eigenvalue weighted by Crippen LogP contribution is 2.12. The second-order valence-corrected chi connectivity index (χ2v) is 5.45. The van der Waals surface area contributed by atoms with Gasteiger partial charge in [-0.05, 0) is 32.4 Å². The largest absolute Gasteiger partial charge is 0.340 e. The number of hydrogen-bond donors (Lipinski definition) is 1. The van der Waals surface area contributed by atoms with Gasteiger partial charge in [0.25, 0.3) is 0 Å². The molecule has 1 aromatic heterocycles. The van der Waals surface area contributed by atoms with Crippen LogP contribution >= 0.6 is 0 Å². The Morgan fingerprint density at radius 1 is 1.50 bits per heavy atom. The van der Waals surface area contributed by atoms with Gasteiger partial charge < -0.3 is 10.2 Å². The Morgan fingerprint density at radius 2 is 2.33 bits per heavy atom. The van der Waals surface area contributed by atoms with E-state index in [1.54, 1.807) is 6.20 Å². The summed E-state index contributed by atoms with van der Waals surface area (Å²) in [5, 5.41) is 3.41. The van der Waals surface area contributed by atoms with Gasteiger partial charge in [0.1, 0.15) is 0 Å². The number of aromatic nitrogens is 1. The number of hydrogen-bond acceptors (Lipinski definition) is 3. The zero-order chi connectivity index (χ0) is 13.0. The minimum atomic E-state index is 0.0267. The summed E-state index contributed by atoms with van der Waals surface area (Å²) >= 11 is 0. The fourth-order valence-electron chi connectivity index (χ4n) is 2.29. The topological polar surface area (TPSA) is 45.2 Å². The molecule has 0 bridgehead atoms. The number of amides is 1. The molecule has 18 heavy (non-hydrogen) atoms. The van der Waals surface area contributed by atoms with Crippen molar-refractivity contribution in [2.75, 3.05) is 19.6 Å². The number of carbonyl (C=O) groups is 1. The van der Waals surface area contributed by atoms with Gasteiger partial charge in [-0.15, -0.1) is 0 Å². The molecule has 0 radical (unpaired) electrons. The van der Waals surface area contributed by atoms with Gasteiger partial charge in [-0.2, -0.15) is 0 Å². The molecule has 1 aromatic rings. The van der Waals surface area contributed by atoms with Crippen molar-refractivity contribution in [1.29, 1.82) is 0 Å². The standard InChI is InChI=1S/C14H21N3O/c1-14(2)11-17(10-9-16-14)13(18)7-6-12-5-3-4-8-15-12/h3-5,8,16H,6-7,9-11H2,1-2H3. The molecule has 1 aliphatic rings. The molecule has 1 N–H and O–H groups in total. The van der Waals surface area contributed by atoms with E-state index < -0.39 is 0 Å². The summed E-state index contributed by atoms with van der Waals surface area (Å²) in [5.74, 6) is 0.232. The zero-order valence-electron chi connectivity index (χ0n) is 11.1. The lowest BCUT2D eigenvalue weighted by atomic mass is 10.0. The van der Waals surface area contributed by atoms with Crippen LogP contribution < -0.4 is 5.32 Å². The molecule has 4 heteroatoms. The molecule has 0 unspecified atom stereocenters. The SMILES string of the molecule is CC1(C)CN(C(=O)CCc2ccccn2)CCN1. The number of piperazine rings is 1. The fraction of sp³-hybridized carbons (Fsp3) is 0.571. The Morgan fingerprint density at radius 3 is 3.00 bits per heavy atom. The zero-order valence-corrected chi connectivity index (χ0v) is 11.1. The molecule has 0 spiro atoms. The maximum absolute atomic E-state index is 12.1. The predicted octanol–water partition coefficient (Wildman–Crippen LogP) is 1.22. The van der Waals surface area contributed by atoms with Crippen molar-refractivity contribution in [1.82, 2.24) is 15.2 Å². The van der Waals surface area contributed by atoms with E-state index in [1.165, 1.54) is 0 Å². The molecule has 2 rings (SSSR count). The van der Waals surface area contributed by atoms with Gasteiger partial charge >= 0.3 is 0 Å². The molecule has 0 aliphatic carbocycles. The Kier molecular flexibility index (Phi) is 3.97. The van der Waals surface area contributed by atoms with E-state index in [0.29, 0.717) is 6.42 Å². The summed E-state index contributed by atoms with van der Waals surface area (Å²) in [7, 11) is 0. The Bertz CT molecular complexity index is 403. The van der Waals surface area contributed by atoms with Crippen LogP contribution in [0.25, 0.3) is 0 Å². The highest BCUT2D eigenvalue weighted by atomic mass is 16.2. The Balaban J connectivity index is 1.85. The van der Waals surface area contributed by atoms with E-state index in [-0.39, 0.29) is 11.4 Å². The van der Waals surface area contributed by atoms with Crippen molar-refractivity contribution < 1.29 is 4.79 Å². The van der Waals surface area contributed by atoms with E-state index in [2.05, 4.69) is 24.1 Å². The first-order valence-corrected chi connectivity index (χ1v) is 6.49. The Labute approximate surface area is 108 Å². The molecule has 0 atom stereocenters. The summed E-state index contributed by atoms with van der Waals surface area (Å²) < 4.78 is 0.